The Bertz CT molecular complexity index is 676. The number of H-pyrrole nitrogens is 2. The van der Waals surface area contributed by atoms with Gasteiger partial charge in [-0.05, 0) is 28.1 Å². The number of pyridine rings is 1. The predicted molar refractivity (Wildman–Crippen MR) is 66.4 cm³/mol. The predicted octanol–water partition coefficient (Wildman–Crippen LogP) is 1.27. The summed E-state index contributed by atoms with van der Waals surface area (Å²) in [5.41, 5.74) is -0.305. The molecule has 2 aromatic heterocycles. The molecule has 6 nitrogen and oxygen atoms in total. The third kappa shape index (κ3) is 2.59. The highest BCUT2D eigenvalue weighted by molar-refractivity contribution is 9.10. The van der Waals surface area contributed by atoms with Crippen molar-refractivity contribution in [3.63, 3.8) is 0 Å². The van der Waals surface area contributed by atoms with Crippen LogP contribution in [0.5, 0.6) is 0 Å². The number of aromatic nitrogens is 2. The van der Waals surface area contributed by atoms with Crippen LogP contribution >= 0.6 is 15.9 Å². The van der Waals surface area contributed by atoms with Crippen molar-refractivity contribution in [1.29, 1.82) is 0 Å². The Labute approximate surface area is 105 Å². The van der Waals surface area contributed by atoms with Crippen LogP contribution in [0.15, 0.2) is 44.9 Å². The van der Waals surface area contributed by atoms with Crippen LogP contribution in [0.3, 0.4) is 0 Å². The normalized spacial score (nSPS) is 11.4. The third-order valence-corrected chi connectivity index (χ3v) is 3.82. The Morgan fingerprint density at radius 3 is 2.71 bits per heavy atom. The Hall–Kier alpha value is -1.54. The summed E-state index contributed by atoms with van der Waals surface area (Å²) in [5, 5.41) is 0. The van der Waals surface area contributed by atoms with Crippen LogP contribution in [0.25, 0.3) is 0 Å². The molecular weight excluding hydrogens is 310 g/mol. The topological polar surface area (TPSA) is 94.8 Å². The molecule has 0 aliphatic heterocycles. The van der Waals surface area contributed by atoms with Gasteiger partial charge in [0.25, 0.3) is 15.6 Å². The zero-order valence-corrected chi connectivity index (χ0v) is 10.8. The molecule has 0 unspecified atom stereocenters. The molecule has 3 N–H and O–H groups in total. The van der Waals surface area contributed by atoms with E-state index in [4.69, 9.17) is 0 Å². The first kappa shape index (κ1) is 11.9. The quantitative estimate of drug-likeness (QED) is 0.795. The second-order valence-electron chi connectivity index (χ2n) is 3.22. The van der Waals surface area contributed by atoms with Crippen LogP contribution in [0.1, 0.15) is 0 Å². The monoisotopic (exact) mass is 317 g/mol. The van der Waals surface area contributed by atoms with Gasteiger partial charge in [0.2, 0.25) is 0 Å². The summed E-state index contributed by atoms with van der Waals surface area (Å²) in [4.78, 5) is 16.1. The molecule has 0 radical (unpaired) electrons. The van der Waals surface area contributed by atoms with Crippen molar-refractivity contribution < 1.29 is 8.42 Å². The Morgan fingerprint density at radius 1 is 1.29 bits per heavy atom. The molecule has 2 heterocycles. The molecule has 0 saturated heterocycles. The molecule has 0 aliphatic carbocycles. The summed E-state index contributed by atoms with van der Waals surface area (Å²) >= 11 is 3.10. The number of anilines is 1. The second-order valence-corrected chi connectivity index (χ2v) is 5.78. The zero-order chi connectivity index (χ0) is 12.5. The van der Waals surface area contributed by atoms with Crippen LogP contribution < -0.4 is 10.3 Å². The second kappa shape index (κ2) is 4.38. The maximum absolute atomic E-state index is 11.9. The van der Waals surface area contributed by atoms with Crippen LogP contribution in [-0.4, -0.2) is 18.4 Å². The standard InChI is InChI=1S/C9H8BrN3O3S/c10-6-3-8(9(14)12-4-6)17(15,16)13-7-1-2-11-5-7/h1-5,11,13H,(H,12,14). The summed E-state index contributed by atoms with van der Waals surface area (Å²) < 4.78 is 26.6. The Morgan fingerprint density at radius 2 is 2.06 bits per heavy atom. The molecule has 0 aliphatic rings. The molecule has 0 spiro atoms. The molecular formula is C9H8BrN3O3S. The molecule has 0 atom stereocenters. The van der Waals surface area contributed by atoms with E-state index in [9.17, 15) is 13.2 Å². The molecule has 0 amide bonds. The minimum atomic E-state index is -3.88. The third-order valence-electron chi connectivity index (χ3n) is 1.97. The van der Waals surface area contributed by atoms with E-state index in [1.807, 2.05) is 0 Å². The molecule has 8 heteroatoms. The summed E-state index contributed by atoms with van der Waals surface area (Å²) in [5.74, 6) is 0. The number of nitrogens with one attached hydrogen (secondary N) is 3. The van der Waals surface area contributed by atoms with Crippen LogP contribution in [0, 0.1) is 0 Å². The van der Waals surface area contributed by atoms with E-state index >= 15 is 0 Å². The summed E-state index contributed by atoms with van der Waals surface area (Å²) in [6, 6.07) is 2.79. The first-order valence-corrected chi connectivity index (χ1v) is 6.80. The Balaban J connectivity index is 2.45. The van der Waals surface area contributed by atoms with Gasteiger partial charge in [-0.3, -0.25) is 9.52 Å². The van der Waals surface area contributed by atoms with Gasteiger partial charge in [0.1, 0.15) is 0 Å². The van der Waals surface area contributed by atoms with E-state index in [0.29, 0.717) is 10.2 Å². The minimum absolute atomic E-state index is 0.340. The van der Waals surface area contributed by atoms with E-state index in [2.05, 4.69) is 30.6 Å². The van der Waals surface area contributed by atoms with Crippen LogP contribution in [0.2, 0.25) is 0 Å². The molecule has 0 aromatic carbocycles. The molecule has 0 saturated carbocycles. The fourth-order valence-electron chi connectivity index (χ4n) is 1.24. The van der Waals surface area contributed by atoms with Gasteiger partial charge in [0.05, 0.1) is 5.69 Å². The highest BCUT2D eigenvalue weighted by Gasteiger charge is 2.18. The lowest BCUT2D eigenvalue weighted by Gasteiger charge is -2.05. The van der Waals surface area contributed by atoms with Crippen molar-refractivity contribution in [3.05, 3.63) is 45.5 Å². The Kier molecular flexibility index (Phi) is 3.07. The fourth-order valence-corrected chi connectivity index (χ4v) is 2.86. The van der Waals surface area contributed by atoms with Gasteiger partial charge >= 0.3 is 0 Å². The van der Waals surface area contributed by atoms with Crippen molar-refractivity contribution >= 4 is 31.6 Å². The first-order valence-electron chi connectivity index (χ1n) is 4.53. The summed E-state index contributed by atoms with van der Waals surface area (Å²) in [7, 11) is -3.88. The fraction of sp³-hybridized carbons (Fsp3) is 0. The lowest BCUT2D eigenvalue weighted by Crippen LogP contribution is -2.22. The molecule has 2 aromatic rings. The summed E-state index contributed by atoms with van der Waals surface area (Å²) in [6.45, 7) is 0. The lowest BCUT2D eigenvalue weighted by molar-refractivity contribution is 0.600. The van der Waals surface area contributed by atoms with E-state index in [1.54, 1.807) is 12.3 Å². The molecule has 17 heavy (non-hydrogen) atoms. The smallest absolute Gasteiger partial charge is 0.268 e. The van der Waals surface area contributed by atoms with Gasteiger partial charge in [-0.25, -0.2) is 8.42 Å². The van der Waals surface area contributed by atoms with Crippen molar-refractivity contribution in [2.45, 2.75) is 4.90 Å². The maximum atomic E-state index is 11.9. The van der Waals surface area contributed by atoms with E-state index in [-0.39, 0.29) is 4.90 Å². The number of rotatable bonds is 3. The molecule has 0 bridgehead atoms. The van der Waals surface area contributed by atoms with Crippen molar-refractivity contribution in [2.24, 2.45) is 0 Å². The maximum Gasteiger partial charge on any atom is 0.268 e. The highest BCUT2D eigenvalue weighted by Crippen LogP contribution is 2.15. The minimum Gasteiger partial charge on any atom is -0.366 e. The van der Waals surface area contributed by atoms with Crippen molar-refractivity contribution in [1.82, 2.24) is 9.97 Å². The molecule has 90 valence electrons. The summed E-state index contributed by atoms with van der Waals surface area (Å²) in [6.07, 6.45) is 4.42. The largest absolute Gasteiger partial charge is 0.366 e. The van der Waals surface area contributed by atoms with Gasteiger partial charge in [-0.2, -0.15) is 0 Å². The van der Waals surface area contributed by atoms with Crippen LogP contribution in [0.4, 0.5) is 5.69 Å². The van der Waals surface area contributed by atoms with Gasteiger partial charge in [-0.15, -0.1) is 0 Å². The average molecular weight is 318 g/mol. The van der Waals surface area contributed by atoms with E-state index in [1.165, 1.54) is 18.5 Å². The van der Waals surface area contributed by atoms with E-state index < -0.39 is 15.6 Å². The number of halogens is 1. The number of aromatic amines is 2. The zero-order valence-electron chi connectivity index (χ0n) is 8.40. The number of sulfonamides is 1. The SMILES string of the molecule is O=c1[nH]cc(Br)cc1S(=O)(=O)Nc1cc[nH]c1. The van der Waals surface area contributed by atoms with Gasteiger partial charge in [-0.1, -0.05) is 0 Å². The first-order chi connectivity index (χ1) is 7.99. The van der Waals surface area contributed by atoms with Gasteiger partial charge in [0, 0.05) is 23.1 Å². The van der Waals surface area contributed by atoms with Crippen molar-refractivity contribution in [2.75, 3.05) is 4.72 Å². The number of hydrogen-bond donors (Lipinski definition) is 3. The molecule has 0 fully saturated rings. The highest BCUT2D eigenvalue weighted by atomic mass is 79.9. The average Bonchev–Trinajstić information content (AvgIpc) is 2.73. The number of hydrogen-bond acceptors (Lipinski definition) is 3. The molecule has 2 rings (SSSR count). The lowest BCUT2D eigenvalue weighted by atomic mass is 10.5. The van der Waals surface area contributed by atoms with E-state index in [0.717, 1.165) is 0 Å². The van der Waals surface area contributed by atoms with Gasteiger partial charge in [0.15, 0.2) is 4.90 Å². The van der Waals surface area contributed by atoms with Gasteiger partial charge < -0.3 is 9.97 Å². The van der Waals surface area contributed by atoms with Crippen molar-refractivity contribution in [3.8, 4) is 0 Å². The van der Waals surface area contributed by atoms with Crippen LogP contribution in [-0.2, 0) is 10.0 Å².